The molecule has 0 aromatic heterocycles. The molecule has 0 aliphatic carbocycles. The zero-order valence-electron chi connectivity index (χ0n) is 14.1. The minimum Gasteiger partial charge on any atom is -0.490 e. The van der Waals surface area contributed by atoms with E-state index in [2.05, 4.69) is 0 Å². The molecule has 0 heterocycles. The first-order valence-electron chi connectivity index (χ1n) is 7.30. The van der Waals surface area contributed by atoms with E-state index in [0.29, 0.717) is 6.07 Å². The molecule has 0 amide bonds. The van der Waals surface area contributed by atoms with Crippen LogP contribution in [-0.4, -0.2) is 20.5 Å². The van der Waals surface area contributed by atoms with Crippen LogP contribution in [0.3, 0.4) is 0 Å². The number of nitro benzene ring substituents is 1. The Morgan fingerprint density at radius 3 is 1.90 bits per heavy atom. The molecule has 0 atom stereocenters. The second-order valence-electron chi connectivity index (χ2n) is 5.49. The number of anilines is 1. The number of rotatable bonds is 5. The Labute approximate surface area is 159 Å². The number of nitrogens with zero attached hydrogens (tertiary/aromatic N) is 1. The molecule has 14 heteroatoms. The Morgan fingerprint density at radius 1 is 0.966 bits per heavy atom. The molecule has 0 saturated heterocycles. The summed E-state index contributed by atoms with van der Waals surface area (Å²) in [5, 5.41) is 11.0. The second kappa shape index (κ2) is 7.42. The quantitative estimate of drug-likeness (QED) is 0.418. The lowest BCUT2D eigenvalue weighted by atomic mass is 10.1. The maximum Gasteiger partial charge on any atom is 0.416 e. The minimum atomic E-state index is -5.18. The largest absolute Gasteiger partial charge is 0.490 e. The molecule has 29 heavy (non-hydrogen) atoms. The normalized spacial score (nSPS) is 12.5. The van der Waals surface area contributed by atoms with Crippen LogP contribution in [0.2, 0.25) is 0 Å². The highest BCUT2D eigenvalue weighted by Gasteiger charge is 2.37. The van der Waals surface area contributed by atoms with Gasteiger partial charge in [0.25, 0.3) is 10.0 Å². The number of sulfonamides is 1. The average molecular weight is 444 g/mol. The Bertz CT molecular complexity index is 1020. The van der Waals surface area contributed by atoms with E-state index >= 15 is 0 Å². The number of hydrogen-bond donors (Lipinski definition) is 1. The molecule has 0 radical (unpaired) electrons. The fourth-order valence-electron chi connectivity index (χ4n) is 2.21. The topological polar surface area (TPSA) is 98.5 Å². The summed E-state index contributed by atoms with van der Waals surface area (Å²) in [4.78, 5) is 9.25. The van der Waals surface area contributed by atoms with Crippen LogP contribution < -0.4 is 9.46 Å². The predicted octanol–water partition coefficient (Wildman–Crippen LogP) is 4.44. The molecule has 0 fully saturated rings. The first-order chi connectivity index (χ1) is 13.1. The van der Waals surface area contributed by atoms with Gasteiger partial charge in [0.15, 0.2) is 5.75 Å². The number of alkyl halides is 6. The summed E-state index contributed by atoms with van der Waals surface area (Å²) < 4.78 is 108. The van der Waals surface area contributed by atoms with E-state index in [1.54, 1.807) is 4.72 Å². The second-order valence-corrected chi connectivity index (χ2v) is 7.17. The van der Waals surface area contributed by atoms with Crippen molar-refractivity contribution in [2.24, 2.45) is 0 Å². The van der Waals surface area contributed by atoms with E-state index in [1.165, 1.54) is 0 Å². The van der Waals surface area contributed by atoms with Crippen LogP contribution in [0.5, 0.6) is 5.75 Å². The molecule has 0 aliphatic rings. The van der Waals surface area contributed by atoms with Gasteiger partial charge in [-0.15, -0.1) is 0 Å². The Morgan fingerprint density at radius 2 is 1.48 bits per heavy atom. The van der Waals surface area contributed by atoms with E-state index < -0.39 is 54.7 Å². The van der Waals surface area contributed by atoms with Gasteiger partial charge >= 0.3 is 18.0 Å². The number of hydrogen-bond acceptors (Lipinski definition) is 5. The van der Waals surface area contributed by atoms with E-state index in [1.807, 2.05) is 0 Å². The van der Waals surface area contributed by atoms with E-state index in [0.717, 1.165) is 19.2 Å². The molecule has 1 N–H and O–H groups in total. The SMILES string of the molecule is COc1ccc(S(=O)(=O)Nc2cc(C(F)(F)F)cc(C(F)(F)F)c2)cc1[N+](=O)[O-]. The standard InChI is InChI=1S/C15H10F6N2O5S/c1-28-13-3-2-11(7-12(13)23(24)25)29(26,27)22-10-5-8(14(16,17)18)4-9(6-10)15(19,20)21/h2-7,22H,1H3. The summed E-state index contributed by atoms with van der Waals surface area (Å²) in [6.07, 6.45) is -10.4. The monoisotopic (exact) mass is 444 g/mol. The summed E-state index contributed by atoms with van der Waals surface area (Å²) in [6.45, 7) is 0. The molecular weight excluding hydrogens is 434 g/mol. The van der Waals surface area contributed by atoms with Crippen LogP contribution in [0, 0.1) is 10.1 Å². The highest BCUT2D eigenvalue weighted by molar-refractivity contribution is 7.92. The van der Waals surface area contributed by atoms with E-state index in [-0.39, 0.29) is 23.9 Å². The zero-order valence-corrected chi connectivity index (χ0v) is 14.9. The molecule has 2 aromatic carbocycles. The van der Waals surface area contributed by atoms with Crippen molar-refractivity contribution in [3.05, 3.63) is 57.6 Å². The Hall–Kier alpha value is -3.03. The first kappa shape index (κ1) is 22.3. The van der Waals surface area contributed by atoms with Crippen molar-refractivity contribution < 1.29 is 44.4 Å². The molecule has 0 bridgehead atoms. The molecule has 0 saturated carbocycles. The van der Waals surface area contributed by atoms with Crippen molar-refractivity contribution in [1.29, 1.82) is 0 Å². The Kier molecular flexibility index (Phi) is 5.70. The molecule has 7 nitrogen and oxygen atoms in total. The van der Waals surface area contributed by atoms with Gasteiger partial charge in [-0.2, -0.15) is 26.3 Å². The predicted molar refractivity (Wildman–Crippen MR) is 86.9 cm³/mol. The van der Waals surface area contributed by atoms with Crippen LogP contribution in [0.4, 0.5) is 37.7 Å². The fraction of sp³-hybridized carbons (Fsp3) is 0.200. The van der Waals surface area contributed by atoms with Crippen molar-refractivity contribution in [3.63, 3.8) is 0 Å². The third-order valence-corrected chi connectivity index (χ3v) is 4.88. The van der Waals surface area contributed by atoms with Crippen molar-refractivity contribution in [3.8, 4) is 5.75 Å². The number of methoxy groups -OCH3 is 1. The van der Waals surface area contributed by atoms with Gasteiger partial charge in [0.1, 0.15) is 0 Å². The summed E-state index contributed by atoms with van der Waals surface area (Å²) in [5.41, 5.74) is -5.25. The molecule has 0 aliphatic heterocycles. The molecule has 0 spiro atoms. The lowest BCUT2D eigenvalue weighted by molar-refractivity contribution is -0.386. The third kappa shape index (κ3) is 5.07. The fourth-order valence-corrected chi connectivity index (χ4v) is 3.27. The lowest BCUT2D eigenvalue weighted by Crippen LogP contribution is -2.16. The average Bonchev–Trinajstić information content (AvgIpc) is 2.58. The van der Waals surface area contributed by atoms with Gasteiger partial charge in [-0.05, 0) is 30.3 Å². The molecular formula is C15H10F6N2O5S. The van der Waals surface area contributed by atoms with Crippen LogP contribution in [0.15, 0.2) is 41.3 Å². The van der Waals surface area contributed by atoms with E-state index in [9.17, 15) is 44.9 Å². The maximum absolute atomic E-state index is 12.9. The number of benzene rings is 2. The Balaban J connectivity index is 2.55. The van der Waals surface area contributed by atoms with Gasteiger partial charge < -0.3 is 4.74 Å². The van der Waals surface area contributed by atoms with Gasteiger partial charge in [0.05, 0.1) is 33.7 Å². The van der Waals surface area contributed by atoms with Gasteiger partial charge in [-0.1, -0.05) is 0 Å². The molecule has 2 rings (SSSR count). The maximum atomic E-state index is 12.9. The van der Waals surface area contributed by atoms with Crippen molar-refractivity contribution in [1.82, 2.24) is 0 Å². The minimum absolute atomic E-state index is 0.171. The van der Waals surface area contributed by atoms with Gasteiger partial charge in [-0.3, -0.25) is 14.8 Å². The van der Waals surface area contributed by atoms with Crippen LogP contribution in [0.25, 0.3) is 0 Å². The molecule has 0 unspecified atom stereocenters. The first-order valence-corrected chi connectivity index (χ1v) is 8.78. The van der Waals surface area contributed by atoms with Crippen molar-refractivity contribution >= 4 is 21.4 Å². The third-order valence-electron chi connectivity index (χ3n) is 3.50. The highest BCUT2D eigenvalue weighted by atomic mass is 32.2. The summed E-state index contributed by atoms with van der Waals surface area (Å²) >= 11 is 0. The highest BCUT2D eigenvalue weighted by Crippen LogP contribution is 2.38. The summed E-state index contributed by atoms with van der Waals surface area (Å²) in [5.74, 6) is -0.299. The lowest BCUT2D eigenvalue weighted by Gasteiger charge is -2.15. The van der Waals surface area contributed by atoms with Gasteiger partial charge in [0, 0.05) is 6.07 Å². The van der Waals surface area contributed by atoms with Crippen LogP contribution in [-0.2, 0) is 22.4 Å². The number of halogens is 6. The van der Waals surface area contributed by atoms with Crippen molar-refractivity contribution in [2.45, 2.75) is 17.2 Å². The van der Waals surface area contributed by atoms with Crippen LogP contribution >= 0.6 is 0 Å². The van der Waals surface area contributed by atoms with Crippen molar-refractivity contribution in [2.75, 3.05) is 11.8 Å². The van der Waals surface area contributed by atoms with Crippen LogP contribution in [0.1, 0.15) is 11.1 Å². The number of nitrogens with one attached hydrogen (secondary N) is 1. The summed E-state index contributed by atoms with van der Waals surface area (Å²) in [7, 11) is -3.68. The summed E-state index contributed by atoms with van der Waals surface area (Å²) in [6, 6.07) is 2.48. The van der Waals surface area contributed by atoms with Gasteiger partial charge in [-0.25, -0.2) is 8.42 Å². The van der Waals surface area contributed by atoms with E-state index in [4.69, 9.17) is 4.74 Å². The molecule has 2 aromatic rings. The number of nitro groups is 1. The van der Waals surface area contributed by atoms with Gasteiger partial charge in [0.2, 0.25) is 0 Å². The zero-order chi connectivity index (χ0) is 22.2. The smallest absolute Gasteiger partial charge is 0.416 e. The number of ether oxygens (including phenoxy) is 1. The molecule has 158 valence electrons.